The van der Waals surface area contributed by atoms with E-state index in [9.17, 15) is 14.4 Å². The van der Waals surface area contributed by atoms with E-state index >= 15 is 0 Å². The zero-order valence-electron chi connectivity index (χ0n) is 18.2. The lowest BCUT2D eigenvalue weighted by Gasteiger charge is -2.11. The highest BCUT2D eigenvalue weighted by molar-refractivity contribution is 5.83. The first-order valence-electron chi connectivity index (χ1n) is 10.4. The number of rotatable bonds is 12. The zero-order valence-corrected chi connectivity index (χ0v) is 18.2. The Hall–Kier alpha value is -3.36. The van der Waals surface area contributed by atoms with Crippen LogP contribution in [0.1, 0.15) is 55.8 Å². The van der Waals surface area contributed by atoms with E-state index in [1.807, 2.05) is 12.1 Å². The number of methoxy groups -OCH3 is 1. The summed E-state index contributed by atoms with van der Waals surface area (Å²) in [5.41, 5.74) is 2.93. The van der Waals surface area contributed by atoms with Gasteiger partial charge in [-0.15, -0.1) is 0 Å². The van der Waals surface area contributed by atoms with Gasteiger partial charge in [0.1, 0.15) is 0 Å². The van der Waals surface area contributed by atoms with Gasteiger partial charge in [0.05, 0.1) is 19.9 Å². The SMILES string of the molecule is CCCCCCOc1ccc(/C=N/NC(=O)CCc2c(C)[nH]c(=O)[nH]c2=O)cc1OC. The number of amides is 1. The molecule has 1 aromatic carbocycles. The summed E-state index contributed by atoms with van der Waals surface area (Å²) in [4.78, 5) is 39.7. The second-order valence-electron chi connectivity index (χ2n) is 7.12. The van der Waals surface area contributed by atoms with Gasteiger partial charge in [-0.25, -0.2) is 10.2 Å². The lowest BCUT2D eigenvalue weighted by Crippen LogP contribution is -2.28. The molecule has 9 heteroatoms. The Kier molecular flexibility index (Phi) is 9.54. The molecule has 0 radical (unpaired) electrons. The number of carbonyl (C=O) groups excluding carboxylic acids is 1. The molecule has 0 saturated carbocycles. The van der Waals surface area contributed by atoms with Crippen LogP contribution in [0.2, 0.25) is 0 Å². The second-order valence-corrected chi connectivity index (χ2v) is 7.12. The van der Waals surface area contributed by atoms with Gasteiger partial charge in [-0.1, -0.05) is 26.2 Å². The first-order valence-corrected chi connectivity index (χ1v) is 10.4. The molecule has 3 N–H and O–H groups in total. The fourth-order valence-corrected chi connectivity index (χ4v) is 2.99. The van der Waals surface area contributed by atoms with Crippen molar-refractivity contribution < 1.29 is 14.3 Å². The van der Waals surface area contributed by atoms with Crippen molar-refractivity contribution in [1.82, 2.24) is 15.4 Å². The number of hydrogen-bond acceptors (Lipinski definition) is 6. The van der Waals surface area contributed by atoms with E-state index in [4.69, 9.17) is 9.47 Å². The Morgan fingerprint density at radius 2 is 1.97 bits per heavy atom. The standard InChI is InChI=1S/C22H30N4O5/c1-4-5-6-7-12-31-18-10-8-16(13-19(18)30-3)14-23-26-20(27)11-9-17-15(2)24-22(29)25-21(17)28/h8,10,13-14H,4-7,9,11-12H2,1-3H3,(H,26,27)(H2,24,25,28,29)/b23-14+. The van der Waals surface area contributed by atoms with Gasteiger partial charge in [0.2, 0.25) is 5.91 Å². The van der Waals surface area contributed by atoms with E-state index in [1.54, 1.807) is 20.1 Å². The third-order valence-corrected chi connectivity index (χ3v) is 4.70. The summed E-state index contributed by atoms with van der Waals surface area (Å²) in [6.45, 7) is 4.42. The lowest BCUT2D eigenvalue weighted by atomic mass is 10.1. The molecule has 0 fully saturated rings. The van der Waals surface area contributed by atoms with Crippen LogP contribution in [0.3, 0.4) is 0 Å². The second kappa shape index (κ2) is 12.4. The first-order chi connectivity index (χ1) is 14.9. The van der Waals surface area contributed by atoms with Crippen LogP contribution in [0, 0.1) is 6.92 Å². The van der Waals surface area contributed by atoms with Crippen molar-refractivity contribution >= 4 is 12.1 Å². The van der Waals surface area contributed by atoms with Crippen LogP contribution < -0.4 is 26.1 Å². The molecule has 168 valence electrons. The molecule has 1 amide bonds. The van der Waals surface area contributed by atoms with Crippen molar-refractivity contribution in [3.63, 3.8) is 0 Å². The summed E-state index contributed by atoms with van der Waals surface area (Å²) in [5, 5.41) is 3.95. The Morgan fingerprint density at radius 3 is 2.68 bits per heavy atom. The molecule has 1 aromatic heterocycles. The molecule has 9 nitrogen and oxygen atoms in total. The molecular formula is C22H30N4O5. The highest BCUT2D eigenvalue weighted by Gasteiger charge is 2.09. The summed E-state index contributed by atoms with van der Waals surface area (Å²) in [7, 11) is 1.57. The predicted molar refractivity (Wildman–Crippen MR) is 119 cm³/mol. The minimum absolute atomic E-state index is 0.0570. The fraction of sp³-hybridized carbons (Fsp3) is 0.455. The summed E-state index contributed by atoms with van der Waals surface area (Å²) in [6, 6.07) is 5.41. The molecule has 1 heterocycles. The number of nitrogens with one attached hydrogen (secondary N) is 3. The highest BCUT2D eigenvalue weighted by Crippen LogP contribution is 2.27. The zero-order chi connectivity index (χ0) is 22.6. The van der Waals surface area contributed by atoms with Crippen LogP contribution in [0.4, 0.5) is 0 Å². The lowest BCUT2D eigenvalue weighted by molar-refractivity contribution is -0.121. The van der Waals surface area contributed by atoms with Crippen LogP contribution in [0.5, 0.6) is 11.5 Å². The van der Waals surface area contributed by atoms with Gasteiger partial charge in [-0.3, -0.25) is 14.6 Å². The maximum atomic E-state index is 12.0. The number of ether oxygens (including phenoxy) is 2. The van der Waals surface area contributed by atoms with Gasteiger partial charge in [-0.2, -0.15) is 5.10 Å². The van der Waals surface area contributed by atoms with Crippen molar-refractivity contribution in [2.24, 2.45) is 5.10 Å². The maximum Gasteiger partial charge on any atom is 0.325 e. The number of unbranched alkanes of at least 4 members (excludes halogenated alkanes) is 3. The topological polar surface area (TPSA) is 126 Å². The maximum absolute atomic E-state index is 12.0. The van der Waals surface area contributed by atoms with Gasteiger partial charge >= 0.3 is 5.69 Å². The first kappa shape index (κ1) is 23.9. The molecule has 0 spiro atoms. The Morgan fingerprint density at radius 1 is 1.16 bits per heavy atom. The van der Waals surface area contributed by atoms with Gasteiger partial charge in [0.25, 0.3) is 5.56 Å². The van der Waals surface area contributed by atoms with E-state index in [0.717, 1.165) is 18.4 Å². The normalized spacial score (nSPS) is 10.9. The van der Waals surface area contributed by atoms with E-state index < -0.39 is 11.2 Å². The summed E-state index contributed by atoms with van der Waals surface area (Å²) in [6.07, 6.45) is 6.26. The largest absolute Gasteiger partial charge is 0.493 e. The third kappa shape index (κ3) is 7.76. The highest BCUT2D eigenvalue weighted by atomic mass is 16.5. The minimum atomic E-state index is -0.566. The molecule has 0 unspecified atom stereocenters. The monoisotopic (exact) mass is 430 g/mol. The van der Waals surface area contributed by atoms with Crippen LogP contribution in [0.25, 0.3) is 0 Å². The van der Waals surface area contributed by atoms with Crippen LogP contribution in [-0.2, 0) is 11.2 Å². The summed E-state index contributed by atoms with van der Waals surface area (Å²) >= 11 is 0. The van der Waals surface area contributed by atoms with Crippen molar-refractivity contribution in [3.05, 3.63) is 55.9 Å². The molecule has 0 saturated heterocycles. The predicted octanol–water partition coefficient (Wildman–Crippen LogP) is 2.42. The molecule has 0 aliphatic heterocycles. The molecule has 0 aliphatic carbocycles. The molecule has 2 aromatic rings. The summed E-state index contributed by atoms with van der Waals surface area (Å²) < 4.78 is 11.2. The van der Waals surface area contributed by atoms with E-state index in [-0.39, 0.29) is 18.7 Å². The smallest absolute Gasteiger partial charge is 0.325 e. The molecule has 0 atom stereocenters. The molecular weight excluding hydrogens is 400 g/mol. The number of nitrogens with zero attached hydrogens (tertiary/aromatic N) is 1. The average Bonchev–Trinajstić information content (AvgIpc) is 2.73. The quantitative estimate of drug-likeness (QED) is 0.271. The van der Waals surface area contributed by atoms with E-state index in [1.165, 1.54) is 19.1 Å². The number of aromatic nitrogens is 2. The Labute approximate surface area is 180 Å². The van der Waals surface area contributed by atoms with E-state index in [2.05, 4.69) is 27.4 Å². The minimum Gasteiger partial charge on any atom is -0.493 e. The number of hydrazone groups is 1. The van der Waals surface area contributed by atoms with Crippen molar-refractivity contribution in [1.29, 1.82) is 0 Å². The fourth-order valence-electron chi connectivity index (χ4n) is 2.99. The molecule has 2 rings (SSSR count). The number of benzene rings is 1. The number of hydrogen-bond donors (Lipinski definition) is 3. The van der Waals surface area contributed by atoms with Crippen LogP contribution in [-0.4, -0.2) is 35.8 Å². The number of aromatic amines is 2. The van der Waals surface area contributed by atoms with Crippen LogP contribution >= 0.6 is 0 Å². The van der Waals surface area contributed by atoms with Gasteiger partial charge in [0, 0.05) is 17.7 Å². The third-order valence-electron chi connectivity index (χ3n) is 4.70. The van der Waals surface area contributed by atoms with Gasteiger partial charge in [-0.05, 0) is 43.5 Å². The van der Waals surface area contributed by atoms with Crippen molar-refractivity contribution in [3.8, 4) is 11.5 Å². The molecule has 31 heavy (non-hydrogen) atoms. The number of carbonyl (C=O) groups is 1. The summed E-state index contributed by atoms with van der Waals surface area (Å²) in [5.74, 6) is 0.917. The van der Waals surface area contributed by atoms with E-state index in [0.29, 0.717) is 29.4 Å². The number of H-pyrrole nitrogens is 2. The average molecular weight is 431 g/mol. The molecule has 0 bridgehead atoms. The van der Waals surface area contributed by atoms with Gasteiger partial charge in [0.15, 0.2) is 11.5 Å². The van der Waals surface area contributed by atoms with Crippen molar-refractivity contribution in [2.75, 3.05) is 13.7 Å². The number of aryl methyl sites for hydroxylation is 1. The Balaban J connectivity index is 1.86. The molecule has 0 aliphatic rings. The van der Waals surface area contributed by atoms with Crippen molar-refractivity contribution in [2.45, 2.75) is 52.4 Å². The van der Waals surface area contributed by atoms with Crippen LogP contribution in [0.15, 0.2) is 32.9 Å². The van der Waals surface area contributed by atoms with Gasteiger partial charge < -0.3 is 14.5 Å². The Bertz CT molecular complexity index is 1010.